The topological polar surface area (TPSA) is 56.9 Å². The third-order valence-corrected chi connectivity index (χ3v) is 5.88. The van der Waals surface area contributed by atoms with Crippen molar-refractivity contribution in [3.63, 3.8) is 0 Å². The summed E-state index contributed by atoms with van der Waals surface area (Å²) in [4.78, 5) is 26.2. The molecule has 30 heavy (non-hydrogen) atoms. The van der Waals surface area contributed by atoms with E-state index in [1.807, 2.05) is 63.6 Å². The lowest BCUT2D eigenvalue weighted by molar-refractivity contribution is 0.0965. The average Bonchev–Trinajstić information content (AvgIpc) is 2.99. The molecule has 0 spiro atoms. The molecule has 0 unspecified atom stereocenters. The highest BCUT2D eigenvalue weighted by Gasteiger charge is 2.19. The normalized spacial score (nSPS) is 11.2. The first-order chi connectivity index (χ1) is 14.3. The van der Waals surface area contributed by atoms with Gasteiger partial charge in [-0.05, 0) is 51.5 Å². The number of ketones is 1. The van der Waals surface area contributed by atoms with E-state index >= 15 is 0 Å². The van der Waals surface area contributed by atoms with Gasteiger partial charge in [-0.25, -0.2) is 4.68 Å². The monoisotopic (exact) mass is 399 g/mol. The summed E-state index contributed by atoms with van der Waals surface area (Å²) in [6, 6.07) is 15.5. The molecule has 0 N–H and O–H groups in total. The minimum Gasteiger partial charge on any atom is -0.351 e. The van der Waals surface area contributed by atoms with Crippen LogP contribution in [0.1, 0.15) is 32.9 Å². The number of carbonyl (C=O) groups excluding carboxylic acids is 1. The molecule has 2 aromatic heterocycles. The Balaban J connectivity index is 1.90. The van der Waals surface area contributed by atoms with E-state index in [-0.39, 0.29) is 17.9 Å². The summed E-state index contributed by atoms with van der Waals surface area (Å²) in [5.74, 6) is -0.118. The molecule has 4 rings (SSSR count). The summed E-state index contributed by atoms with van der Waals surface area (Å²) in [7, 11) is 1.93. The van der Waals surface area contributed by atoms with Crippen molar-refractivity contribution >= 4 is 16.6 Å². The molecule has 0 fully saturated rings. The minimum absolute atomic E-state index is 0.0914. The van der Waals surface area contributed by atoms with Gasteiger partial charge in [-0.15, -0.1) is 0 Å². The van der Waals surface area contributed by atoms with E-state index in [0.29, 0.717) is 10.9 Å². The fourth-order valence-corrected chi connectivity index (χ4v) is 3.89. The SMILES string of the molecule is Cc1ccc(C)c(-c2nn(CC(=O)c3cc(C)n(C)c3C)c(=O)c3ccccc23)c1. The zero-order chi connectivity index (χ0) is 21.6. The van der Waals surface area contributed by atoms with Crippen molar-refractivity contribution in [2.24, 2.45) is 7.05 Å². The summed E-state index contributed by atoms with van der Waals surface area (Å²) in [5, 5.41) is 6.04. The van der Waals surface area contributed by atoms with Crippen molar-refractivity contribution in [3.05, 3.63) is 87.0 Å². The van der Waals surface area contributed by atoms with E-state index in [9.17, 15) is 9.59 Å². The van der Waals surface area contributed by atoms with Crippen molar-refractivity contribution in [3.8, 4) is 11.3 Å². The molecule has 0 saturated heterocycles. The van der Waals surface area contributed by atoms with E-state index in [1.54, 1.807) is 6.07 Å². The van der Waals surface area contributed by atoms with Crippen LogP contribution in [0.5, 0.6) is 0 Å². The molecule has 152 valence electrons. The first-order valence-corrected chi connectivity index (χ1v) is 10.0. The fourth-order valence-electron chi connectivity index (χ4n) is 3.89. The lowest BCUT2D eigenvalue weighted by Crippen LogP contribution is -2.27. The molecule has 0 atom stereocenters. The number of hydrogen-bond donors (Lipinski definition) is 0. The van der Waals surface area contributed by atoms with Gasteiger partial charge in [0, 0.05) is 34.9 Å². The Kier molecular flexibility index (Phi) is 4.90. The van der Waals surface area contributed by atoms with Crippen LogP contribution in [0.3, 0.4) is 0 Å². The van der Waals surface area contributed by atoms with Crippen LogP contribution in [0.2, 0.25) is 0 Å². The number of carbonyl (C=O) groups is 1. The van der Waals surface area contributed by atoms with Crippen molar-refractivity contribution in [1.29, 1.82) is 0 Å². The summed E-state index contributed by atoms with van der Waals surface area (Å²) in [5.41, 5.74) is 6.16. The molecule has 0 aliphatic carbocycles. The molecular weight excluding hydrogens is 374 g/mol. The predicted molar refractivity (Wildman–Crippen MR) is 120 cm³/mol. The molecule has 5 heteroatoms. The molecule has 0 saturated carbocycles. The highest BCUT2D eigenvalue weighted by Crippen LogP contribution is 2.28. The van der Waals surface area contributed by atoms with Gasteiger partial charge in [0.25, 0.3) is 5.56 Å². The average molecular weight is 399 g/mol. The molecule has 4 aromatic rings. The van der Waals surface area contributed by atoms with Crippen molar-refractivity contribution < 1.29 is 4.79 Å². The highest BCUT2D eigenvalue weighted by atomic mass is 16.1. The maximum absolute atomic E-state index is 13.1. The third kappa shape index (κ3) is 3.26. The van der Waals surface area contributed by atoms with Gasteiger partial charge in [-0.1, -0.05) is 35.9 Å². The maximum atomic E-state index is 13.1. The minimum atomic E-state index is -0.252. The summed E-state index contributed by atoms with van der Waals surface area (Å²) in [6.07, 6.45) is 0. The molecule has 0 bridgehead atoms. The third-order valence-electron chi connectivity index (χ3n) is 5.88. The largest absolute Gasteiger partial charge is 0.351 e. The lowest BCUT2D eigenvalue weighted by atomic mass is 9.99. The van der Waals surface area contributed by atoms with Gasteiger partial charge < -0.3 is 4.57 Å². The van der Waals surface area contributed by atoms with Gasteiger partial charge in [0.2, 0.25) is 0 Å². The lowest BCUT2D eigenvalue weighted by Gasteiger charge is -2.13. The van der Waals surface area contributed by atoms with Gasteiger partial charge in [-0.2, -0.15) is 5.10 Å². The van der Waals surface area contributed by atoms with Crippen LogP contribution in [-0.4, -0.2) is 20.1 Å². The molecule has 2 heterocycles. The number of benzene rings is 2. The van der Waals surface area contributed by atoms with Crippen molar-refractivity contribution in [2.45, 2.75) is 34.2 Å². The van der Waals surface area contributed by atoms with E-state index in [2.05, 4.69) is 23.3 Å². The molecule has 0 aliphatic rings. The van der Waals surface area contributed by atoms with Crippen LogP contribution in [0.4, 0.5) is 0 Å². The van der Waals surface area contributed by atoms with Crippen LogP contribution in [0, 0.1) is 27.7 Å². The zero-order valence-corrected chi connectivity index (χ0v) is 18.0. The number of aryl methyl sites for hydroxylation is 3. The number of aromatic nitrogens is 3. The molecule has 0 radical (unpaired) electrons. The van der Waals surface area contributed by atoms with Gasteiger partial charge >= 0.3 is 0 Å². The van der Waals surface area contributed by atoms with Gasteiger partial charge in [-0.3, -0.25) is 9.59 Å². The maximum Gasteiger partial charge on any atom is 0.275 e. The molecule has 2 aromatic carbocycles. The van der Waals surface area contributed by atoms with Gasteiger partial charge in [0.15, 0.2) is 5.78 Å². The summed E-state index contributed by atoms with van der Waals surface area (Å²) < 4.78 is 3.29. The first-order valence-electron chi connectivity index (χ1n) is 10.0. The second kappa shape index (κ2) is 7.41. The Hall–Kier alpha value is -3.47. The van der Waals surface area contributed by atoms with E-state index in [1.165, 1.54) is 4.68 Å². The van der Waals surface area contributed by atoms with Gasteiger partial charge in [0.05, 0.1) is 11.1 Å². The van der Waals surface area contributed by atoms with Crippen LogP contribution >= 0.6 is 0 Å². The second-order valence-electron chi connectivity index (χ2n) is 7.94. The Labute approximate surface area is 175 Å². The number of fused-ring (bicyclic) bond motifs is 1. The van der Waals surface area contributed by atoms with E-state index < -0.39 is 0 Å². The predicted octanol–water partition coefficient (Wildman–Crippen LogP) is 4.52. The van der Waals surface area contributed by atoms with Crippen LogP contribution in [0.25, 0.3) is 22.0 Å². The number of nitrogens with zero attached hydrogens (tertiary/aromatic N) is 3. The Bertz CT molecular complexity index is 1360. The van der Waals surface area contributed by atoms with Gasteiger partial charge in [0.1, 0.15) is 6.54 Å². The first kappa shape index (κ1) is 19.8. The fraction of sp³-hybridized carbons (Fsp3) is 0.240. The molecular formula is C25H25N3O2. The Morgan fingerprint density at radius 1 is 0.967 bits per heavy atom. The smallest absolute Gasteiger partial charge is 0.275 e. The Morgan fingerprint density at radius 2 is 1.67 bits per heavy atom. The molecule has 0 amide bonds. The number of rotatable bonds is 4. The van der Waals surface area contributed by atoms with Crippen LogP contribution < -0.4 is 5.56 Å². The summed E-state index contributed by atoms with van der Waals surface area (Å²) in [6.45, 7) is 7.85. The Morgan fingerprint density at radius 3 is 2.33 bits per heavy atom. The quantitative estimate of drug-likeness (QED) is 0.474. The van der Waals surface area contributed by atoms with E-state index in [0.717, 1.165) is 39.2 Å². The standard InChI is InChI=1S/C25H25N3O2/c1-15-10-11-16(2)21(12-15)24-19-8-6-7-9-20(19)25(30)28(26-24)14-23(29)22-13-17(3)27(5)18(22)4/h6-13H,14H2,1-5H3. The number of Topliss-reactive ketones (excluding diaryl/α,β-unsaturated/α-hetero) is 1. The van der Waals surface area contributed by atoms with Crippen molar-refractivity contribution in [2.75, 3.05) is 0 Å². The molecule has 5 nitrogen and oxygen atoms in total. The van der Waals surface area contributed by atoms with Crippen LogP contribution in [0.15, 0.2) is 53.3 Å². The highest BCUT2D eigenvalue weighted by molar-refractivity contribution is 5.98. The number of hydrogen-bond acceptors (Lipinski definition) is 3. The van der Waals surface area contributed by atoms with E-state index in [4.69, 9.17) is 0 Å². The molecule has 0 aliphatic heterocycles. The summed E-state index contributed by atoms with van der Waals surface area (Å²) >= 11 is 0. The zero-order valence-electron chi connectivity index (χ0n) is 18.0. The van der Waals surface area contributed by atoms with Crippen LogP contribution in [-0.2, 0) is 13.6 Å². The second-order valence-corrected chi connectivity index (χ2v) is 7.94. The van der Waals surface area contributed by atoms with Crippen molar-refractivity contribution in [1.82, 2.24) is 14.3 Å².